The SMILES string of the molecule is N#CC(C(=O)NCc1ccccc1)=C1SC(CC(=O)O)C(=O)N1c1ccccc1. The molecule has 2 aromatic rings. The van der Waals surface area contributed by atoms with Gasteiger partial charge in [0.25, 0.3) is 5.91 Å². The molecule has 1 heterocycles. The first kappa shape index (κ1) is 20.2. The van der Waals surface area contributed by atoms with E-state index in [-0.39, 0.29) is 17.1 Å². The summed E-state index contributed by atoms with van der Waals surface area (Å²) in [5.74, 6) is -2.22. The predicted molar refractivity (Wildman–Crippen MR) is 108 cm³/mol. The Morgan fingerprint density at radius 1 is 1.10 bits per heavy atom. The molecule has 29 heavy (non-hydrogen) atoms. The van der Waals surface area contributed by atoms with Crippen LogP contribution in [0.5, 0.6) is 0 Å². The molecule has 0 radical (unpaired) electrons. The fourth-order valence-corrected chi connectivity index (χ4v) is 4.08. The molecule has 3 rings (SSSR count). The standard InChI is InChI=1S/C21H17N3O4S/c22-12-16(19(27)23-13-14-7-3-1-4-8-14)21-24(15-9-5-2-6-10-15)20(28)17(29-21)11-18(25)26/h1-10,17H,11,13H2,(H,23,27)(H,25,26). The van der Waals surface area contributed by atoms with Gasteiger partial charge in [-0.1, -0.05) is 60.3 Å². The molecule has 2 N–H and O–H groups in total. The number of benzene rings is 2. The first-order chi connectivity index (χ1) is 14.0. The molecule has 2 amide bonds. The molecule has 1 atom stereocenters. The van der Waals surface area contributed by atoms with E-state index in [0.717, 1.165) is 17.3 Å². The number of hydrogen-bond donors (Lipinski definition) is 2. The highest BCUT2D eigenvalue weighted by atomic mass is 32.2. The van der Waals surface area contributed by atoms with Gasteiger partial charge < -0.3 is 10.4 Å². The van der Waals surface area contributed by atoms with Gasteiger partial charge in [-0.2, -0.15) is 5.26 Å². The zero-order chi connectivity index (χ0) is 20.8. The van der Waals surface area contributed by atoms with E-state index in [1.54, 1.807) is 30.3 Å². The van der Waals surface area contributed by atoms with Crippen LogP contribution in [-0.4, -0.2) is 28.1 Å². The van der Waals surface area contributed by atoms with Crippen LogP contribution in [0.25, 0.3) is 0 Å². The second-order valence-electron chi connectivity index (χ2n) is 6.17. The number of aliphatic carboxylic acids is 1. The van der Waals surface area contributed by atoms with E-state index in [0.29, 0.717) is 5.69 Å². The van der Waals surface area contributed by atoms with Crippen LogP contribution in [0, 0.1) is 11.3 Å². The molecule has 0 spiro atoms. The van der Waals surface area contributed by atoms with Gasteiger partial charge in [-0.15, -0.1) is 0 Å². The van der Waals surface area contributed by atoms with Crippen LogP contribution in [0.1, 0.15) is 12.0 Å². The maximum atomic E-state index is 12.8. The average Bonchev–Trinajstić information content (AvgIpc) is 3.03. The van der Waals surface area contributed by atoms with E-state index >= 15 is 0 Å². The van der Waals surface area contributed by atoms with Crippen LogP contribution in [0.4, 0.5) is 5.69 Å². The van der Waals surface area contributed by atoms with E-state index in [1.807, 2.05) is 36.4 Å². The van der Waals surface area contributed by atoms with Crippen LogP contribution in [0.15, 0.2) is 71.3 Å². The predicted octanol–water partition coefficient (Wildman–Crippen LogP) is 2.66. The van der Waals surface area contributed by atoms with Crippen molar-refractivity contribution in [2.75, 3.05) is 4.90 Å². The molecule has 0 bridgehead atoms. The van der Waals surface area contributed by atoms with Gasteiger partial charge in [0, 0.05) is 12.2 Å². The summed E-state index contributed by atoms with van der Waals surface area (Å²) in [5, 5.41) is 20.7. The summed E-state index contributed by atoms with van der Waals surface area (Å²) >= 11 is 0.925. The molecule has 0 aliphatic carbocycles. The highest BCUT2D eigenvalue weighted by molar-refractivity contribution is 8.05. The van der Waals surface area contributed by atoms with Crippen LogP contribution in [0.3, 0.4) is 0 Å². The fourth-order valence-electron chi connectivity index (χ4n) is 2.82. The van der Waals surface area contributed by atoms with Gasteiger partial charge in [0.2, 0.25) is 5.91 Å². The Labute approximate surface area is 171 Å². The third-order valence-corrected chi connectivity index (χ3v) is 5.44. The van der Waals surface area contributed by atoms with E-state index in [1.165, 1.54) is 4.90 Å². The van der Waals surface area contributed by atoms with Crippen molar-refractivity contribution < 1.29 is 19.5 Å². The summed E-state index contributed by atoms with van der Waals surface area (Å²) in [4.78, 5) is 37.9. The monoisotopic (exact) mass is 407 g/mol. The summed E-state index contributed by atoms with van der Waals surface area (Å²) in [6.07, 6.45) is -0.402. The van der Waals surface area contributed by atoms with Crippen molar-refractivity contribution in [2.45, 2.75) is 18.2 Å². The van der Waals surface area contributed by atoms with Gasteiger partial charge in [0.05, 0.1) is 6.42 Å². The second kappa shape index (κ2) is 9.08. The van der Waals surface area contributed by atoms with Gasteiger partial charge in [0.15, 0.2) is 0 Å². The van der Waals surface area contributed by atoms with E-state index in [2.05, 4.69) is 5.32 Å². The van der Waals surface area contributed by atoms with Gasteiger partial charge in [-0.05, 0) is 17.7 Å². The molecular weight excluding hydrogens is 390 g/mol. The molecule has 1 fully saturated rings. The van der Waals surface area contributed by atoms with Gasteiger partial charge >= 0.3 is 5.97 Å². The molecule has 146 valence electrons. The fraction of sp³-hybridized carbons (Fsp3) is 0.143. The largest absolute Gasteiger partial charge is 0.481 e. The topological polar surface area (TPSA) is 111 Å². The number of nitrogens with one attached hydrogen (secondary N) is 1. The maximum absolute atomic E-state index is 12.8. The Bertz CT molecular complexity index is 1000. The lowest BCUT2D eigenvalue weighted by Gasteiger charge is -2.18. The third kappa shape index (κ3) is 4.65. The molecule has 0 aromatic heterocycles. The smallest absolute Gasteiger partial charge is 0.305 e. The number of carboxylic acids is 1. The highest BCUT2D eigenvalue weighted by Crippen LogP contribution is 2.41. The van der Waals surface area contributed by atoms with E-state index in [4.69, 9.17) is 5.11 Å². The van der Waals surface area contributed by atoms with E-state index in [9.17, 15) is 19.6 Å². The van der Waals surface area contributed by atoms with Crippen LogP contribution in [-0.2, 0) is 20.9 Å². The lowest BCUT2D eigenvalue weighted by Crippen LogP contribution is -2.32. The van der Waals surface area contributed by atoms with Crippen molar-refractivity contribution in [2.24, 2.45) is 0 Å². The minimum absolute atomic E-state index is 0.139. The minimum Gasteiger partial charge on any atom is -0.481 e. The zero-order valence-corrected chi connectivity index (χ0v) is 16.1. The number of carboxylic acid groups (broad SMARTS) is 1. The Hall–Kier alpha value is -3.57. The summed E-state index contributed by atoms with van der Waals surface area (Å²) in [5.41, 5.74) is 1.11. The van der Waals surface area contributed by atoms with Crippen molar-refractivity contribution in [3.8, 4) is 6.07 Å². The van der Waals surface area contributed by atoms with Crippen LogP contribution in [0.2, 0.25) is 0 Å². The van der Waals surface area contributed by atoms with Crippen molar-refractivity contribution in [3.05, 3.63) is 76.8 Å². The number of rotatable bonds is 6. The Balaban J connectivity index is 1.93. The molecule has 1 unspecified atom stereocenters. The number of amides is 2. The second-order valence-corrected chi connectivity index (χ2v) is 7.37. The van der Waals surface area contributed by atoms with E-state index < -0.39 is 29.5 Å². The van der Waals surface area contributed by atoms with Crippen LogP contribution < -0.4 is 10.2 Å². The zero-order valence-electron chi connectivity index (χ0n) is 15.2. The molecule has 7 nitrogen and oxygen atoms in total. The molecule has 1 aliphatic heterocycles. The first-order valence-electron chi connectivity index (χ1n) is 8.75. The Morgan fingerprint density at radius 2 is 1.72 bits per heavy atom. The van der Waals surface area contributed by atoms with Gasteiger partial charge in [0.1, 0.15) is 21.9 Å². The number of nitriles is 1. The van der Waals surface area contributed by atoms with Gasteiger partial charge in [-0.3, -0.25) is 19.3 Å². The van der Waals surface area contributed by atoms with Crippen molar-refractivity contribution in [3.63, 3.8) is 0 Å². The minimum atomic E-state index is -1.13. The number of nitrogens with zero attached hydrogens (tertiary/aromatic N) is 2. The molecule has 0 saturated carbocycles. The number of carbonyl (C=O) groups is 3. The van der Waals surface area contributed by atoms with Crippen molar-refractivity contribution >= 4 is 35.2 Å². The Kier molecular flexibility index (Phi) is 6.32. The molecule has 8 heteroatoms. The summed E-state index contributed by atoms with van der Waals surface area (Å²) in [6, 6.07) is 19.6. The summed E-state index contributed by atoms with van der Waals surface area (Å²) in [7, 11) is 0. The average molecular weight is 407 g/mol. The number of anilines is 1. The molecular formula is C21H17N3O4S. The van der Waals surface area contributed by atoms with Gasteiger partial charge in [-0.25, -0.2) is 0 Å². The molecule has 1 aliphatic rings. The summed E-state index contributed by atoms with van der Waals surface area (Å²) < 4.78 is 0. The lowest BCUT2D eigenvalue weighted by atomic mass is 10.2. The Morgan fingerprint density at radius 3 is 2.31 bits per heavy atom. The quantitative estimate of drug-likeness (QED) is 0.563. The third-order valence-electron chi connectivity index (χ3n) is 4.18. The van der Waals surface area contributed by atoms with Crippen molar-refractivity contribution in [1.29, 1.82) is 5.26 Å². The van der Waals surface area contributed by atoms with Crippen molar-refractivity contribution in [1.82, 2.24) is 5.32 Å². The normalized spacial score (nSPS) is 17.6. The number of carbonyl (C=O) groups excluding carboxylic acids is 2. The van der Waals surface area contributed by atoms with Crippen LogP contribution >= 0.6 is 11.8 Å². The maximum Gasteiger partial charge on any atom is 0.305 e. The lowest BCUT2D eigenvalue weighted by molar-refractivity contribution is -0.138. The highest BCUT2D eigenvalue weighted by Gasteiger charge is 2.41. The molecule has 1 saturated heterocycles. The number of thioether (sulfide) groups is 1. The number of para-hydroxylation sites is 1. The first-order valence-corrected chi connectivity index (χ1v) is 9.63. The molecule has 2 aromatic carbocycles. The number of hydrogen-bond acceptors (Lipinski definition) is 5. The summed E-state index contributed by atoms with van der Waals surface area (Å²) in [6.45, 7) is 0.223.